The second-order valence-corrected chi connectivity index (χ2v) is 6.37. The van der Waals surface area contributed by atoms with Gasteiger partial charge in [-0.2, -0.15) is 0 Å². The number of Topliss-reactive ketones (excluding diaryl/α,β-unsaturated/α-hetero) is 1. The van der Waals surface area contributed by atoms with Crippen LogP contribution in [-0.2, 0) is 4.74 Å². The van der Waals surface area contributed by atoms with E-state index in [1.165, 1.54) is 6.92 Å². The molecule has 0 aliphatic rings. The predicted octanol–water partition coefficient (Wildman–Crippen LogP) is 2.20. The van der Waals surface area contributed by atoms with Gasteiger partial charge in [0.05, 0.1) is 6.10 Å². The number of rotatable bonds is 6. The quantitative estimate of drug-likeness (QED) is 0.698. The lowest BCUT2D eigenvalue weighted by atomic mass is 9.95. The van der Waals surface area contributed by atoms with E-state index in [4.69, 9.17) is 4.74 Å². The zero-order valence-corrected chi connectivity index (χ0v) is 14.0. The number of carbonyl (C=O) groups excluding carboxylic acids is 2. The minimum Gasteiger partial charge on any atom is -0.444 e. The normalized spacial score (nSPS) is 14.0. The minimum atomic E-state index is -1.20. The number of aliphatic hydroxyl groups excluding tert-OH is 2. The van der Waals surface area contributed by atoms with Crippen molar-refractivity contribution < 1.29 is 24.5 Å². The van der Waals surface area contributed by atoms with Crippen molar-refractivity contribution in [2.45, 2.75) is 51.9 Å². The molecule has 0 aliphatic heterocycles. The molecule has 1 amide bonds. The molecule has 0 aromatic heterocycles. The third-order valence-electron chi connectivity index (χ3n) is 3.13. The molecule has 23 heavy (non-hydrogen) atoms. The van der Waals surface area contributed by atoms with Crippen LogP contribution >= 0.6 is 0 Å². The average Bonchev–Trinajstić information content (AvgIpc) is 2.44. The van der Waals surface area contributed by atoms with Gasteiger partial charge in [-0.25, -0.2) is 4.79 Å². The molecule has 2 unspecified atom stereocenters. The highest BCUT2D eigenvalue weighted by molar-refractivity contribution is 5.95. The number of benzene rings is 1. The van der Waals surface area contributed by atoms with Crippen molar-refractivity contribution >= 4 is 11.9 Å². The number of hydrogen-bond donors (Lipinski definition) is 3. The number of aliphatic hydroxyl groups is 2. The molecule has 128 valence electrons. The molecule has 0 saturated heterocycles. The topological polar surface area (TPSA) is 95.9 Å². The van der Waals surface area contributed by atoms with Crippen LogP contribution in [0.1, 0.15) is 56.1 Å². The smallest absolute Gasteiger partial charge is 0.407 e. The van der Waals surface area contributed by atoms with Crippen LogP contribution in [0.3, 0.4) is 0 Å². The summed E-state index contributed by atoms with van der Waals surface area (Å²) >= 11 is 0. The van der Waals surface area contributed by atoms with Gasteiger partial charge in [-0.3, -0.25) is 4.79 Å². The van der Waals surface area contributed by atoms with Gasteiger partial charge in [0.15, 0.2) is 5.78 Å². The van der Waals surface area contributed by atoms with E-state index in [1.54, 1.807) is 45.0 Å². The van der Waals surface area contributed by atoms with E-state index in [0.717, 1.165) is 0 Å². The SMILES string of the molecule is CC(=O)c1ccccc1C(O)C(O)CCNC(=O)OC(C)(C)C. The van der Waals surface area contributed by atoms with Crippen LogP contribution in [0.25, 0.3) is 0 Å². The second kappa shape index (κ2) is 8.08. The Morgan fingerprint density at radius 2 is 1.83 bits per heavy atom. The molecule has 0 fully saturated rings. The molecule has 0 heterocycles. The van der Waals surface area contributed by atoms with Crippen LogP contribution in [0.2, 0.25) is 0 Å². The van der Waals surface area contributed by atoms with Crippen molar-refractivity contribution in [1.82, 2.24) is 5.32 Å². The monoisotopic (exact) mass is 323 g/mol. The van der Waals surface area contributed by atoms with Gasteiger partial charge in [-0.05, 0) is 39.7 Å². The van der Waals surface area contributed by atoms with E-state index in [-0.39, 0.29) is 18.7 Å². The first-order chi connectivity index (χ1) is 10.6. The van der Waals surface area contributed by atoms with Gasteiger partial charge < -0.3 is 20.3 Å². The molecule has 3 N–H and O–H groups in total. The van der Waals surface area contributed by atoms with Gasteiger partial charge in [0, 0.05) is 12.1 Å². The first-order valence-corrected chi connectivity index (χ1v) is 7.54. The average molecular weight is 323 g/mol. The van der Waals surface area contributed by atoms with Gasteiger partial charge in [-0.15, -0.1) is 0 Å². The van der Waals surface area contributed by atoms with E-state index in [9.17, 15) is 19.8 Å². The molecule has 0 radical (unpaired) electrons. The first kappa shape index (κ1) is 19.1. The molecule has 0 spiro atoms. The lowest BCUT2D eigenvalue weighted by molar-refractivity contribution is 0.0119. The summed E-state index contributed by atoms with van der Waals surface area (Å²) in [6.07, 6.45) is -2.75. The Kier molecular flexibility index (Phi) is 6.72. The van der Waals surface area contributed by atoms with Crippen molar-refractivity contribution in [2.75, 3.05) is 6.54 Å². The molecule has 2 atom stereocenters. The Morgan fingerprint density at radius 1 is 1.22 bits per heavy atom. The summed E-state index contributed by atoms with van der Waals surface area (Å²) in [6.45, 7) is 6.81. The van der Waals surface area contributed by atoms with Crippen LogP contribution in [0.5, 0.6) is 0 Å². The molecule has 0 aliphatic carbocycles. The lowest BCUT2D eigenvalue weighted by Crippen LogP contribution is -2.34. The highest BCUT2D eigenvalue weighted by Gasteiger charge is 2.22. The Balaban J connectivity index is 2.57. The Hall–Kier alpha value is -1.92. The number of nitrogens with one attached hydrogen (secondary N) is 1. The molecule has 6 heteroatoms. The lowest BCUT2D eigenvalue weighted by Gasteiger charge is -2.22. The molecular formula is C17H25NO5. The van der Waals surface area contributed by atoms with Gasteiger partial charge in [-0.1, -0.05) is 24.3 Å². The summed E-state index contributed by atoms with van der Waals surface area (Å²) in [5.41, 5.74) is 0.159. The van der Waals surface area contributed by atoms with Gasteiger partial charge >= 0.3 is 6.09 Å². The number of amides is 1. The third-order valence-corrected chi connectivity index (χ3v) is 3.13. The van der Waals surface area contributed by atoms with E-state index in [1.807, 2.05) is 0 Å². The maximum absolute atomic E-state index is 11.6. The van der Waals surface area contributed by atoms with Crippen molar-refractivity contribution in [3.05, 3.63) is 35.4 Å². The summed E-state index contributed by atoms with van der Waals surface area (Å²) in [6, 6.07) is 6.60. The third kappa shape index (κ3) is 6.38. The van der Waals surface area contributed by atoms with Crippen LogP contribution in [0.4, 0.5) is 4.79 Å². The van der Waals surface area contributed by atoms with Crippen LogP contribution in [0.15, 0.2) is 24.3 Å². The Morgan fingerprint density at radius 3 is 2.39 bits per heavy atom. The number of carbonyl (C=O) groups is 2. The van der Waals surface area contributed by atoms with Crippen molar-refractivity contribution in [2.24, 2.45) is 0 Å². The zero-order chi connectivity index (χ0) is 17.6. The molecule has 1 aromatic carbocycles. The molecule has 1 rings (SSSR count). The fraction of sp³-hybridized carbons (Fsp3) is 0.529. The first-order valence-electron chi connectivity index (χ1n) is 7.54. The summed E-state index contributed by atoms with van der Waals surface area (Å²) in [5.74, 6) is -0.182. The summed E-state index contributed by atoms with van der Waals surface area (Å²) in [4.78, 5) is 23.1. The standard InChI is InChI=1S/C17H25NO5/c1-11(19)12-7-5-6-8-13(12)15(21)14(20)9-10-18-16(22)23-17(2,3)4/h5-8,14-15,20-21H,9-10H2,1-4H3,(H,18,22). The number of hydrogen-bond acceptors (Lipinski definition) is 5. The summed E-state index contributed by atoms with van der Waals surface area (Å²) in [5, 5.41) is 22.8. The van der Waals surface area contributed by atoms with Gasteiger partial charge in [0.1, 0.15) is 11.7 Å². The molecule has 1 aromatic rings. The summed E-state index contributed by atoms with van der Waals surface area (Å²) < 4.78 is 5.08. The fourth-order valence-corrected chi connectivity index (χ4v) is 2.08. The van der Waals surface area contributed by atoms with Gasteiger partial charge in [0.25, 0.3) is 0 Å². The maximum Gasteiger partial charge on any atom is 0.407 e. The Labute approximate surface area is 136 Å². The van der Waals surface area contributed by atoms with Crippen molar-refractivity contribution in [3.8, 4) is 0 Å². The van der Waals surface area contributed by atoms with Crippen LogP contribution in [0, 0.1) is 0 Å². The fourth-order valence-electron chi connectivity index (χ4n) is 2.08. The van der Waals surface area contributed by atoms with Gasteiger partial charge in [0.2, 0.25) is 0 Å². The molecule has 0 bridgehead atoms. The predicted molar refractivity (Wildman–Crippen MR) is 86.3 cm³/mol. The summed E-state index contributed by atoms with van der Waals surface area (Å²) in [7, 11) is 0. The van der Waals surface area contributed by atoms with Crippen LogP contribution < -0.4 is 5.32 Å². The van der Waals surface area contributed by atoms with Crippen LogP contribution in [-0.4, -0.2) is 40.3 Å². The highest BCUT2D eigenvalue weighted by Crippen LogP contribution is 2.23. The minimum absolute atomic E-state index is 0.132. The zero-order valence-electron chi connectivity index (χ0n) is 14.0. The molecular weight excluding hydrogens is 298 g/mol. The van der Waals surface area contributed by atoms with E-state index in [0.29, 0.717) is 11.1 Å². The van der Waals surface area contributed by atoms with E-state index < -0.39 is 23.9 Å². The largest absolute Gasteiger partial charge is 0.444 e. The highest BCUT2D eigenvalue weighted by atomic mass is 16.6. The van der Waals surface area contributed by atoms with E-state index >= 15 is 0 Å². The maximum atomic E-state index is 11.6. The molecule has 0 saturated carbocycles. The van der Waals surface area contributed by atoms with Crippen molar-refractivity contribution in [3.63, 3.8) is 0 Å². The molecule has 6 nitrogen and oxygen atoms in total. The second-order valence-electron chi connectivity index (χ2n) is 6.37. The number of alkyl carbamates (subject to hydrolysis) is 1. The number of ketones is 1. The van der Waals surface area contributed by atoms with E-state index in [2.05, 4.69) is 5.32 Å². The van der Waals surface area contributed by atoms with Crippen molar-refractivity contribution in [1.29, 1.82) is 0 Å². The number of ether oxygens (including phenoxy) is 1. The Bertz CT molecular complexity index is 550.